The van der Waals surface area contributed by atoms with Crippen LogP contribution in [0.25, 0.3) is 0 Å². The first-order valence-electron chi connectivity index (χ1n) is 6.74. The van der Waals surface area contributed by atoms with Gasteiger partial charge in [-0.2, -0.15) is 0 Å². The van der Waals surface area contributed by atoms with E-state index in [0.717, 1.165) is 32.2 Å². The van der Waals surface area contributed by atoms with Crippen LogP contribution < -0.4 is 5.32 Å². The summed E-state index contributed by atoms with van der Waals surface area (Å²) in [6, 6.07) is 0. The Morgan fingerprint density at radius 3 is 2.65 bits per heavy atom. The molecule has 4 nitrogen and oxygen atoms in total. The monoisotopic (exact) mass is 240 g/mol. The van der Waals surface area contributed by atoms with Crippen LogP contribution in [0.15, 0.2) is 0 Å². The molecule has 1 aliphatic heterocycles. The highest BCUT2D eigenvalue weighted by Crippen LogP contribution is 2.10. The minimum atomic E-state index is 0.118. The lowest BCUT2D eigenvalue weighted by Gasteiger charge is -2.27. The van der Waals surface area contributed by atoms with Crippen molar-refractivity contribution in [2.24, 2.45) is 5.92 Å². The molecule has 1 saturated heterocycles. The van der Waals surface area contributed by atoms with Gasteiger partial charge < -0.3 is 10.2 Å². The van der Waals surface area contributed by atoms with Gasteiger partial charge in [0.2, 0.25) is 11.8 Å². The summed E-state index contributed by atoms with van der Waals surface area (Å²) in [6.45, 7) is 6.15. The van der Waals surface area contributed by atoms with Crippen LogP contribution in [-0.4, -0.2) is 36.3 Å². The van der Waals surface area contributed by atoms with Crippen molar-refractivity contribution in [1.82, 2.24) is 10.2 Å². The quantitative estimate of drug-likeness (QED) is 0.766. The molecular weight excluding hydrogens is 216 g/mol. The number of carbonyl (C=O) groups excluding carboxylic acids is 2. The minimum Gasteiger partial charge on any atom is -0.354 e. The SMILES string of the molecule is CCC(CC)C(=O)NCCN1CCCCC1=O. The van der Waals surface area contributed by atoms with Crippen molar-refractivity contribution in [2.75, 3.05) is 19.6 Å². The Bertz CT molecular complexity index is 262. The van der Waals surface area contributed by atoms with E-state index in [4.69, 9.17) is 0 Å². The van der Waals surface area contributed by atoms with Crippen LogP contribution in [0.4, 0.5) is 0 Å². The van der Waals surface area contributed by atoms with Crippen LogP contribution in [0.1, 0.15) is 46.0 Å². The van der Waals surface area contributed by atoms with Gasteiger partial charge in [0.1, 0.15) is 0 Å². The van der Waals surface area contributed by atoms with E-state index in [1.807, 2.05) is 18.7 Å². The molecule has 0 aromatic rings. The number of piperidine rings is 1. The second-order valence-electron chi connectivity index (χ2n) is 4.64. The predicted octanol–water partition coefficient (Wildman–Crippen LogP) is 1.55. The van der Waals surface area contributed by atoms with E-state index < -0.39 is 0 Å². The summed E-state index contributed by atoms with van der Waals surface area (Å²) in [5.41, 5.74) is 0. The summed E-state index contributed by atoms with van der Waals surface area (Å²) in [7, 11) is 0. The summed E-state index contributed by atoms with van der Waals surface area (Å²) in [5.74, 6) is 0.472. The van der Waals surface area contributed by atoms with Gasteiger partial charge in [-0.05, 0) is 25.7 Å². The van der Waals surface area contributed by atoms with Gasteiger partial charge in [0.25, 0.3) is 0 Å². The van der Waals surface area contributed by atoms with Crippen molar-refractivity contribution < 1.29 is 9.59 Å². The fourth-order valence-electron chi connectivity index (χ4n) is 2.22. The molecule has 1 heterocycles. The smallest absolute Gasteiger partial charge is 0.223 e. The Labute approximate surface area is 104 Å². The van der Waals surface area contributed by atoms with Crippen molar-refractivity contribution in [3.8, 4) is 0 Å². The van der Waals surface area contributed by atoms with E-state index in [1.54, 1.807) is 0 Å². The Balaban J connectivity index is 2.22. The van der Waals surface area contributed by atoms with Crippen LogP contribution in [0.5, 0.6) is 0 Å². The molecule has 0 spiro atoms. The number of rotatable bonds is 6. The van der Waals surface area contributed by atoms with Gasteiger partial charge in [-0.25, -0.2) is 0 Å². The van der Waals surface area contributed by atoms with E-state index in [0.29, 0.717) is 19.5 Å². The zero-order chi connectivity index (χ0) is 12.7. The zero-order valence-corrected chi connectivity index (χ0v) is 11.0. The molecule has 1 rings (SSSR count). The molecule has 0 unspecified atom stereocenters. The summed E-state index contributed by atoms with van der Waals surface area (Å²) in [5, 5.41) is 2.92. The maximum Gasteiger partial charge on any atom is 0.223 e. The largest absolute Gasteiger partial charge is 0.354 e. The van der Waals surface area contributed by atoms with Gasteiger partial charge >= 0.3 is 0 Å². The Morgan fingerprint density at radius 1 is 1.35 bits per heavy atom. The number of hydrogen-bond acceptors (Lipinski definition) is 2. The van der Waals surface area contributed by atoms with Crippen molar-refractivity contribution in [2.45, 2.75) is 46.0 Å². The third kappa shape index (κ3) is 4.36. The van der Waals surface area contributed by atoms with Crippen LogP contribution in [0, 0.1) is 5.92 Å². The molecule has 0 aromatic carbocycles. The topological polar surface area (TPSA) is 49.4 Å². The number of carbonyl (C=O) groups is 2. The Morgan fingerprint density at radius 2 is 2.06 bits per heavy atom. The molecule has 0 aromatic heterocycles. The van der Waals surface area contributed by atoms with Crippen molar-refractivity contribution in [3.05, 3.63) is 0 Å². The molecule has 0 saturated carbocycles. The first-order valence-corrected chi connectivity index (χ1v) is 6.74. The predicted molar refractivity (Wildman–Crippen MR) is 67.5 cm³/mol. The van der Waals surface area contributed by atoms with Crippen LogP contribution >= 0.6 is 0 Å². The first kappa shape index (κ1) is 14.0. The highest BCUT2D eigenvalue weighted by molar-refractivity contribution is 5.79. The normalized spacial score (nSPS) is 16.4. The number of nitrogens with one attached hydrogen (secondary N) is 1. The second-order valence-corrected chi connectivity index (χ2v) is 4.64. The summed E-state index contributed by atoms with van der Waals surface area (Å²) < 4.78 is 0. The van der Waals surface area contributed by atoms with Gasteiger partial charge in [0, 0.05) is 32.0 Å². The van der Waals surface area contributed by atoms with Gasteiger partial charge in [0.05, 0.1) is 0 Å². The number of nitrogens with zero attached hydrogens (tertiary/aromatic N) is 1. The van der Waals surface area contributed by atoms with Crippen LogP contribution in [-0.2, 0) is 9.59 Å². The summed E-state index contributed by atoms with van der Waals surface area (Å²) in [4.78, 5) is 25.1. The fraction of sp³-hybridized carbons (Fsp3) is 0.846. The molecule has 0 bridgehead atoms. The van der Waals surface area contributed by atoms with E-state index >= 15 is 0 Å². The Kier molecular flexibility index (Phi) is 6.01. The number of likely N-dealkylation sites (tertiary alicyclic amines) is 1. The molecule has 4 heteroatoms. The number of amides is 2. The highest BCUT2D eigenvalue weighted by atomic mass is 16.2. The molecule has 0 atom stereocenters. The Hall–Kier alpha value is -1.06. The molecule has 1 aliphatic rings. The lowest BCUT2D eigenvalue weighted by Crippen LogP contribution is -2.42. The van der Waals surface area contributed by atoms with Crippen molar-refractivity contribution in [1.29, 1.82) is 0 Å². The average molecular weight is 240 g/mol. The van der Waals surface area contributed by atoms with Crippen molar-refractivity contribution >= 4 is 11.8 Å². The second kappa shape index (κ2) is 7.30. The van der Waals surface area contributed by atoms with Crippen molar-refractivity contribution in [3.63, 3.8) is 0 Å². The summed E-state index contributed by atoms with van der Waals surface area (Å²) in [6.07, 6.45) is 4.53. The lowest BCUT2D eigenvalue weighted by atomic mass is 10.0. The molecule has 0 aliphatic carbocycles. The lowest BCUT2D eigenvalue weighted by molar-refractivity contribution is -0.134. The van der Waals surface area contributed by atoms with Gasteiger partial charge in [-0.3, -0.25) is 9.59 Å². The van der Waals surface area contributed by atoms with Crippen LogP contribution in [0.3, 0.4) is 0 Å². The zero-order valence-electron chi connectivity index (χ0n) is 11.0. The van der Waals surface area contributed by atoms with Gasteiger partial charge in [-0.15, -0.1) is 0 Å². The third-order valence-electron chi connectivity index (χ3n) is 3.46. The maximum absolute atomic E-state index is 11.7. The van der Waals surface area contributed by atoms with E-state index in [9.17, 15) is 9.59 Å². The standard InChI is InChI=1S/C13H24N2O2/c1-3-11(4-2)13(17)14-8-10-15-9-6-5-7-12(15)16/h11H,3-10H2,1-2H3,(H,14,17). The molecule has 98 valence electrons. The van der Waals surface area contributed by atoms with Crippen LogP contribution in [0.2, 0.25) is 0 Å². The average Bonchev–Trinajstić information content (AvgIpc) is 2.33. The molecule has 1 fully saturated rings. The highest BCUT2D eigenvalue weighted by Gasteiger charge is 2.18. The molecule has 17 heavy (non-hydrogen) atoms. The van der Waals surface area contributed by atoms with Gasteiger partial charge in [-0.1, -0.05) is 13.8 Å². The summed E-state index contributed by atoms with van der Waals surface area (Å²) >= 11 is 0. The molecule has 2 amide bonds. The van der Waals surface area contributed by atoms with E-state index in [-0.39, 0.29) is 17.7 Å². The van der Waals surface area contributed by atoms with E-state index in [2.05, 4.69) is 5.32 Å². The minimum absolute atomic E-state index is 0.118. The number of hydrogen-bond donors (Lipinski definition) is 1. The third-order valence-corrected chi connectivity index (χ3v) is 3.46. The fourth-order valence-corrected chi connectivity index (χ4v) is 2.22. The molecule has 1 N–H and O–H groups in total. The molecular formula is C13H24N2O2. The molecule has 0 radical (unpaired) electrons. The first-order chi connectivity index (χ1) is 8.19. The van der Waals surface area contributed by atoms with E-state index in [1.165, 1.54) is 0 Å². The maximum atomic E-state index is 11.7. The van der Waals surface area contributed by atoms with Gasteiger partial charge in [0.15, 0.2) is 0 Å².